The first-order valence-electron chi connectivity index (χ1n) is 4.80. The number of carbonyl (C=O) groups is 2. The predicted octanol–water partition coefficient (Wildman–Crippen LogP) is 1.80. The van der Waals surface area contributed by atoms with Gasteiger partial charge in [0.15, 0.2) is 0 Å². The maximum Gasteiger partial charge on any atom is 0.328 e. The molecule has 0 saturated heterocycles. The molecule has 0 atom stereocenters. The number of carboxylic acids is 2. The normalized spacial score (nSPS) is 10.5. The molecule has 84 valence electrons. The van der Waals surface area contributed by atoms with Crippen LogP contribution in [0.4, 0.5) is 0 Å². The average molecular weight is 220 g/mol. The quantitative estimate of drug-likeness (QED) is 0.742. The van der Waals surface area contributed by atoms with E-state index in [1.54, 1.807) is 24.3 Å². The van der Waals surface area contributed by atoms with Crippen LogP contribution in [0.2, 0.25) is 0 Å². The topological polar surface area (TPSA) is 74.6 Å². The fraction of sp³-hybridized carbons (Fsp3) is 0.167. The van der Waals surface area contributed by atoms with Gasteiger partial charge in [-0.15, -0.1) is 0 Å². The second-order valence-electron chi connectivity index (χ2n) is 3.26. The number of hydrogen-bond acceptors (Lipinski definition) is 2. The summed E-state index contributed by atoms with van der Waals surface area (Å²) >= 11 is 0. The van der Waals surface area contributed by atoms with E-state index in [4.69, 9.17) is 10.2 Å². The third-order valence-corrected chi connectivity index (χ3v) is 2.07. The monoisotopic (exact) mass is 220 g/mol. The van der Waals surface area contributed by atoms with Crippen molar-refractivity contribution >= 4 is 18.0 Å². The molecular formula is C12H12O4. The summed E-state index contributed by atoms with van der Waals surface area (Å²) in [7, 11) is 0. The first-order valence-corrected chi connectivity index (χ1v) is 4.80. The molecule has 16 heavy (non-hydrogen) atoms. The Balaban J connectivity index is 2.83. The Labute approximate surface area is 92.8 Å². The molecule has 0 saturated carbocycles. The van der Waals surface area contributed by atoms with Crippen molar-refractivity contribution in [2.75, 3.05) is 0 Å². The standard InChI is InChI=1S/C12H12O4/c13-11(14)7-5-9-3-1-2-4-10(9)6-8-12(15)16/h1-5,7H,6,8H2,(H,13,14)(H,15,16). The van der Waals surface area contributed by atoms with Gasteiger partial charge in [-0.05, 0) is 23.6 Å². The molecular weight excluding hydrogens is 208 g/mol. The van der Waals surface area contributed by atoms with Gasteiger partial charge in [-0.1, -0.05) is 24.3 Å². The number of aliphatic carboxylic acids is 2. The Kier molecular flexibility index (Phi) is 4.27. The fourth-order valence-electron chi connectivity index (χ4n) is 1.33. The van der Waals surface area contributed by atoms with Crippen LogP contribution in [0.1, 0.15) is 17.5 Å². The molecule has 0 bridgehead atoms. The number of carboxylic acid groups (broad SMARTS) is 2. The molecule has 4 heteroatoms. The highest BCUT2D eigenvalue weighted by Crippen LogP contribution is 2.12. The van der Waals surface area contributed by atoms with Crippen molar-refractivity contribution in [2.24, 2.45) is 0 Å². The van der Waals surface area contributed by atoms with Gasteiger partial charge in [0.25, 0.3) is 0 Å². The van der Waals surface area contributed by atoms with Crippen LogP contribution in [0.25, 0.3) is 6.08 Å². The van der Waals surface area contributed by atoms with Crippen LogP contribution in [0.5, 0.6) is 0 Å². The maximum absolute atomic E-state index is 10.4. The number of benzene rings is 1. The van der Waals surface area contributed by atoms with Gasteiger partial charge < -0.3 is 10.2 Å². The van der Waals surface area contributed by atoms with Crippen LogP contribution in [-0.2, 0) is 16.0 Å². The second kappa shape index (κ2) is 5.70. The highest BCUT2D eigenvalue weighted by molar-refractivity contribution is 5.85. The van der Waals surface area contributed by atoms with E-state index in [2.05, 4.69) is 0 Å². The Bertz CT molecular complexity index is 421. The molecule has 0 fully saturated rings. The Morgan fingerprint density at radius 1 is 1.19 bits per heavy atom. The van der Waals surface area contributed by atoms with Crippen molar-refractivity contribution in [3.8, 4) is 0 Å². The summed E-state index contributed by atoms with van der Waals surface area (Å²) in [5.41, 5.74) is 1.58. The summed E-state index contributed by atoms with van der Waals surface area (Å²) in [6.45, 7) is 0. The lowest BCUT2D eigenvalue weighted by molar-refractivity contribution is -0.137. The molecule has 0 amide bonds. The smallest absolute Gasteiger partial charge is 0.328 e. The molecule has 2 N–H and O–H groups in total. The first kappa shape index (κ1) is 12.0. The van der Waals surface area contributed by atoms with Crippen LogP contribution in [0, 0.1) is 0 Å². The summed E-state index contributed by atoms with van der Waals surface area (Å²) in [6.07, 6.45) is 2.95. The summed E-state index contributed by atoms with van der Waals surface area (Å²) in [5, 5.41) is 17.1. The maximum atomic E-state index is 10.4. The third-order valence-electron chi connectivity index (χ3n) is 2.07. The lowest BCUT2D eigenvalue weighted by Gasteiger charge is -2.03. The van der Waals surface area contributed by atoms with E-state index in [-0.39, 0.29) is 6.42 Å². The van der Waals surface area contributed by atoms with Crippen LogP contribution in [0.15, 0.2) is 30.3 Å². The van der Waals surface area contributed by atoms with E-state index in [1.807, 2.05) is 0 Å². The minimum Gasteiger partial charge on any atom is -0.481 e. The first-order chi connectivity index (χ1) is 7.59. The van der Waals surface area contributed by atoms with Crippen molar-refractivity contribution < 1.29 is 19.8 Å². The molecule has 0 aliphatic heterocycles. The summed E-state index contributed by atoms with van der Waals surface area (Å²) in [6, 6.07) is 7.14. The zero-order valence-corrected chi connectivity index (χ0v) is 8.59. The van der Waals surface area contributed by atoms with Gasteiger partial charge in [-0.25, -0.2) is 4.79 Å². The molecule has 1 aromatic carbocycles. The molecule has 0 heterocycles. The van der Waals surface area contributed by atoms with E-state index >= 15 is 0 Å². The Morgan fingerprint density at radius 3 is 2.50 bits per heavy atom. The molecule has 0 unspecified atom stereocenters. The number of rotatable bonds is 5. The van der Waals surface area contributed by atoms with Crippen LogP contribution < -0.4 is 0 Å². The van der Waals surface area contributed by atoms with Gasteiger partial charge in [0.2, 0.25) is 0 Å². The fourth-order valence-corrected chi connectivity index (χ4v) is 1.33. The van der Waals surface area contributed by atoms with Gasteiger partial charge in [0.05, 0.1) is 0 Å². The van der Waals surface area contributed by atoms with Crippen LogP contribution in [-0.4, -0.2) is 22.2 Å². The van der Waals surface area contributed by atoms with Gasteiger partial charge in [0, 0.05) is 12.5 Å². The molecule has 0 aliphatic rings. The molecule has 4 nitrogen and oxygen atoms in total. The largest absolute Gasteiger partial charge is 0.481 e. The van der Waals surface area contributed by atoms with Crippen LogP contribution in [0.3, 0.4) is 0 Å². The molecule has 0 radical (unpaired) electrons. The summed E-state index contributed by atoms with van der Waals surface area (Å²) in [4.78, 5) is 20.8. The minimum absolute atomic E-state index is 0.0396. The van der Waals surface area contributed by atoms with E-state index in [1.165, 1.54) is 6.08 Å². The van der Waals surface area contributed by atoms with Gasteiger partial charge in [0.1, 0.15) is 0 Å². The van der Waals surface area contributed by atoms with E-state index in [0.29, 0.717) is 6.42 Å². The Morgan fingerprint density at radius 2 is 1.88 bits per heavy atom. The van der Waals surface area contributed by atoms with Gasteiger partial charge in [-0.3, -0.25) is 4.79 Å². The average Bonchev–Trinajstić information content (AvgIpc) is 2.24. The van der Waals surface area contributed by atoms with Gasteiger partial charge in [-0.2, -0.15) is 0 Å². The van der Waals surface area contributed by atoms with Crippen molar-refractivity contribution in [2.45, 2.75) is 12.8 Å². The van der Waals surface area contributed by atoms with E-state index in [0.717, 1.165) is 17.2 Å². The lowest BCUT2D eigenvalue weighted by Crippen LogP contribution is -1.99. The highest BCUT2D eigenvalue weighted by Gasteiger charge is 2.02. The van der Waals surface area contributed by atoms with Gasteiger partial charge >= 0.3 is 11.9 Å². The predicted molar refractivity (Wildman–Crippen MR) is 59.1 cm³/mol. The molecule has 0 aromatic heterocycles. The number of hydrogen-bond donors (Lipinski definition) is 2. The van der Waals surface area contributed by atoms with Crippen LogP contribution >= 0.6 is 0 Å². The van der Waals surface area contributed by atoms with Crippen molar-refractivity contribution in [3.63, 3.8) is 0 Å². The highest BCUT2D eigenvalue weighted by atomic mass is 16.4. The number of aryl methyl sites for hydroxylation is 1. The summed E-state index contributed by atoms with van der Waals surface area (Å²) < 4.78 is 0. The summed E-state index contributed by atoms with van der Waals surface area (Å²) in [5.74, 6) is -1.88. The minimum atomic E-state index is -1.02. The zero-order chi connectivity index (χ0) is 12.0. The lowest BCUT2D eigenvalue weighted by atomic mass is 10.0. The van der Waals surface area contributed by atoms with E-state index in [9.17, 15) is 9.59 Å². The Hall–Kier alpha value is -2.10. The zero-order valence-electron chi connectivity index (χ0n) is 8.59. The molecule has 0 spiro atoms. The van der Waals surface area contributed by atoms with Crippen molar-refractivity contribution in [3.05, 3.63) is 41.5 Å². The SMILES string of the molecule is O=C(O)C=Cc1ccccc1CCC(=O)O. The molecule has 1 aromatic rings. The van der Waals surface area contributed by atoms with E-state index < -0.39 is 11.9 Å². The molecule has 0 aliphatic carbocycles. The third kappa shape index (κ3) is 3.96. The second-order valence-corrected chi connectivity index (χ2v) is 3.26. The van der Waals surface area contributed by atoms with Crippen molar-refractivity contribution in [1.82, 2.24) is 0 Å². The van der Waals surface area contributed by atoms with Crippen molar-refractivity contribution in [1.29, 1.82) is 0 Å². The molecule has 1 rings (SSSR count).